The summed E-state index contributed by atoms with van der Waals surface area (Å²) < 4.78 is 70.1. The zero-order valence-corrected chi connectivity index (χ0v) is 25.4. The van der Waals surface area contributed by atoms with Crippen molar-refractivity contribution in [3.8, 4) is 23.0 Å². The number of carboxylic acid groups (broad SMARTS) is 1. The van der Waals surface area contributed by atoms with Crippen molar-refractivity contribution in [2.45, 2.75) is 32.2 Å². The summed E-state index contributed by atoms with van der Waals surface area (Å²) in [6, 6.07) is 9.72. The van der Waals surface area contributed by atoms with Gasteiger partial charge in [-0.25, -0.2) is 14.4 Å². The number of carbonyl (C=O) groups excluding carboxylic acids is 5. The molecule has 3 rings (SSSR count). The molecule has 14 nitrogen and oxygen atoms in total. The summed E-state index contributed by atoms with van der Waals surface area (Å²) >= 11 is 0. The number of hydrogen-bond acceptors (Lipinski definition) is 12. The van der Waals surface area contributed by atoms with E-state index in [1.165, 1.54) is 14.2 Å². The van der Waals surface area contributed by atoms with Crippen LogP contribution in [-0.2, 0) is 34.8 Å². The van der Waals surface area contributed by atoms with E-state index >= 15 is 0 Å². The molecule has 254 valence electrons. The van der Waals surface area contributed by atoms with Gasteiger partial charge in [-0.3, -0.25) is 14.4 Å². The first-order chi connectivity index (χ1) is 22.5. The number of anilines is 1. The number of ether oxygens (including phenoxy) is 6. The maximum absolute atomic E-state index is 13.4. The van der Waals surface area contributed by atoms with E-state index in [1.54, 1.807) is 0 Å². The number of amides is 1. The summed E-state index contributed by atoms with van der Waals surface area (Å²) in [4.78, 5) is 74.7. The van der Waals surface area contributed by atoms with E-state index in [9.17, 15) is 47.0 Å². The summed E-state index contributed by atoms with van der Waals surface area (Å²) in [6.07, 6.45) is -9.89. The minimum Gasteiger partial charge on any atom is -0.493 e. The Balaban J connectivity index is 2.01. The summed E-state index contributed by atoms with van der Waals surface area (Å²) in [7, 11) is 2.36. The van der Waals surface area contributed by atoms with Gasteiger partial charge in [-0.2, -0.15) is 13.2 Å². The maximum Gasteiger partial charge on any atom is 0.416 e. The highest BCUT2D eigenvalue weighted by Crippen LogP contribution is 2.32. The maximum atomic E-state index is 13.4. The fourth-order valence-electron chi connectivity index (χ4n) is 3.92. The molecule has 0 heterocycles. The van der Waals surface area contributed by atoms with Gasteiger partial charge in [0.2, 0.25) is 12.2 Å². The van der Waals surface area contributed by atoms with Gasteiger partial charge in [0.25, 0.3) is 5.91 Å². The third kappa shape index (κ3) is 9.44. The van der Waals surface area contributed by atoms with E-state index in [1.807, 2.05) is 5.32 Å². The van der Waals surface area contributed by atoms with Crippen LogP contribution in [0.15, 0.2) is 60.7 Å². The summed E-state index contributed by atoms with van der Waals surface area (Å²) in [5, 5.41) is 12.0. The molecule has 0 bridgehead atoms. The lowest BCUT2D eigenvalue weighted by Gasteiger charge is -2.24. The van der Waals surface area contributed by atoms with E-state index in [4.69, 9.17) is 28.4 Å². The fraction of sp³-hybridized carbons (Fsp3) is 0.226. The number of benzene rings is 3. The second-order valence-electron chi connectivity index (χ2n) is 9.48. The van der Waals surface area contributed by atoms with Gasteiger partial charge in [0.1, 0.15) is 0 Å². The number of aliphatic carboxylic acids is 1. The molecule has 3 aromatic rings. The highest BCUT2D eigenvalue weighted by Gasteiger charge is 2.41. The first-order valence-electron chi connectivity index (χ1n) is 13.4. The number of methoxy groups -OCH3 is 2. The Morgan fingerprint density at radius 3 is 1.58 bits per heavy atom. The minimum atomic E-state index is -4.81. The van der Waals surface area contributed by atoms with Gasteiger partial charge in [-0.05, 0) is 54.6 Å². The van der Waals surface area contributed by atoms with E-state index in [2.05, 4.69) is 0 Å². The highest BCUT2D eigenvalue weighted by atomic mass is 19.4. The topological polar surface area (TPSA) is 190 Å². The van der Waals surface area contributed by atoms with Crippen LogP contribution >= 0.6 is 0 Å². The van der Waals surface area contributed by atoms with Crippen LogP contribution in [0.2, 0.25) is 0 Å². The second kappa shape index (κ2) is 15.4. The monoisotopic (exact) mass is 677 g/mol. The number of hydrogen-bond donors (Lipinski definition) is 2. The van der Waals surface area contributed by atoms with Gasteiger partial charge in [-0.1, -0.05) is 6.07 Å². The molecule has 0 aliphatic rings. The molecule has 48 heavy (non-hydrogen) atoms. The molecule has 0 saturated heterocycles. The Hall–Kier alpha value is -6.13. The number of alkyl halides is 3. The third-order valence-electron chi connectivity index (χ3n) is 6.01. The van der Waals surface area contributed by atoms with Gasteiger partial charge in [0.05, 0.1) is 30.9 Å². The van der Waals surface area contributed by atoms with Crippen LogP contribution in [0.1, 0.15) is 40.1 Å². The van der Waals surface area contributed by atoms with E-state index in [-0.39, 0.29) is 34.1 Å². The zero-order chi connectivity index (χ0) is 35.8. The summed E-state index contributed by atoms with van der Waals surface area (Å²) in [6.45, 7) is 2.21. The Morgan fingerprint density at radius 2 is 1.17 bits per heavy atom. The lowest BCUT2D eigenvalue weighted by atomic mass is 10.1. The van der Waals surface area contributed by atoms with Gasteiger partial charge >= 0.3 is 36.0 Å². The Bertz CT molecular complexity index is 1740. The molecule has 0 saturated carbocycles. The van der Waals surface area contributed by atoms with Gasteiger partial charge in [0.15, 0.2) is 23.0 Å². The van der Waals surface area contributed by atoms with Crippen LogP contribution in [0.3, 0.4) is 0 Å². The normalized spacial score (nSPS) is 12.1. The molecule has 0 radical (unpaired) electrons. The van der Waals surface area contributed by atoms with Crippen LogP contribution in [0.4, 0.5) is 18.9 Å². The van der Waals surface area contributed by atoms with Crippen molar-refractivity contribution in [2.24, 2.45) is 0 Å². The molecule has 0 unspecified atom stereocenters. The van der Waals surface area contributed by atoms with Crippen LogP contribution in [0.5, 0.6) is 23.0 Å². The van der Waals surface area contributed by atoms with Crippen LogP contribution < -0.4 is 24.3 Å². The standard InChI is InChI=1S/C31H26F3NO13/c1-15(36)45-21-10-8-17(12-23(21)43-3)29(41)47-25(27(38)35-20-7-5-6-19(14-20)31(32,33)34)26(28(39)40)48-30(42)18-9-11-22(46-16(2)37)24(13-18)44-4/h5-14,25-26H,1-4H3,(H,35,38)(H,39,40)/t25-,26+/m1/s1. The van der Waals surface area contributed by atoms with Crippen molar-refractivity contribution >= 4 is 41.4 Å². The average molecular weight is 678 g/mol. The SMILES string of the molecule is COc1cc(C(=O)O[C@H](C(=O)O)[C@@H](OC(=O)c2ccc(OC(C)=O)c(OC)c2)C(=O)Nc2cccc(C(F)(F)F)c2)ccc1OC(C)=O. The lowest BCUT2D eigenvalue weighted by Crippen LogP contribution is -2.48. The van der Waals surface area contributed by atoms with Gasteiger partial charge in [-0.15, -0.1) is 0 Å². The second-order valence-corrected chi connectivity index (χ2v) is 9.48. The number of esters is 4. The highest BCUT2D eigenvalue weighted by molar-refractivity contribution is 6.01. The smallest absolute Gasteiger partial charge is 0.416 e. The first kappa shape index (κ1) is 36.3. The first-order valence-corrected chi connectivity index (χ1v) is 13.4. The Morgan fingerprint density at radius 1 is 0.688 bits per heavy atom. The molecule has 0 fully saturated rings. The number of nitrogens with one attached hydrogen (secondary N) is 1. The molecule has 0 aliphatic heterocycles. The zero-order valence-electron chi connectivity index (χ0n) is 25.4. The third-order valence-corrected chi connectivity index (χ3v) is 6.01. The molecule has 0 aliphatic carbocycles. The van der Waals surface area contributed by atoms with Crippen molar-refractivity contribution in [3.05, 3.63) is 77.4 Å². The van der Waals surface area contributed by atoms with Crippen molar-refractivity contribution in [1.29, 1.82) is 0 Å². The van der Waals surface area contributed by atoms with E-state index < -0.39 is 65.4 Å². The van der Waals surface area contributed by atoms with Crippen molar-refractivity contribution in [3.63, 3.8) is 0 Å². The van der Waals surface area contributed by atoms with E-state index in [0.29, 0.717) is 12.1 Å². The molecule has 17 heteroatoms. The van der Waals surface area contributed by atoms with Crippen LogP contribution in [0.25, 0.3) is 0 Å². The van der Waals surface area contributed by atoms with Gasteiger partial charge in [0, 0.05) is 19.5 Å². The number of rotatable bonds is 12. The number of carbonyl (C=O) groups is 6. The average Bonchev–Trinajstić information content (AvgIpc) is 3.01. The van der Waals surface area contributed by atoms with Crippen LogP contribution in [-0.4, -0.2) is 67.3 Å². The largest absolute Gasteiger partial charge is 0.493 e. The molecule has 0 spiro atoms. The molecular weight excluding hydrogens is 651 g/mol. The van der Waals surface area contributed by atoms with Crippen molar-refractivity contribution in [1.82, 2.24) is 0 Å². The van der Waals surface area contributed by atoms with Gasteiger partial charge < -0.3 is 38.8 Å². The molecule has 3 aromatic carbocycles. The van der Waals surface area contributed by atoms with Crippen molar-refractivity contribution in [2.75, 3.05) is 19.5 Å². The summed E-state index contributed by atoms with van der Waals surface area (Å²) in [5.74, 6) is -8.16. The molecule has 1 amide bonds. The molecule has 2 atom stereocenters. The quantitative estimate of drug-likeness (QED) is 0.206. The summed E-state index contributed by atoms with van der Waals surface area (Å²) in [5.41, 5.74) is -2.35. The molecular formula is C31H26F3NO13. The van der Waals surface area contributed by atoms with Crippen LogP contribution in [0, 0.1) is 0 Å². The molecule has 2 N–H and O–H groups in total. The van der Waals surface area contributed by atoms with E-state index in [0.717, 1.165) is 62.4 Å². The predicted octanol–water partition coefficient (Wildman–Crippen LogP) is 4.05. The fourth-order valence-corrected chi connectivity index (χ4v) is 3.92. The predicted molar refractivity (Wildman–Crippen MR) is 155 cm³/mol. The number of carboxylic acids is 1. The minimum absolute atomic E-state index is 0.0984. The molecule has 0 aromatic heterocycles. The van der Waals surface area contributed by atoms with Crippen molar-refractivity contribution < 1.29 is 75.5 Å². The Labute approximate surface area is 269 Å². The number of halogens is 3. The Kier molecular flexibility index (Phi) is 11.7. The lowest BCUT2D eigenvalue weighted by molar-refractivity contribution is -0.157.